The highest BCUT2D eigenvalue weighted by molar-refractivity contribution is 5.70. The van der Waals surface area contributed by atoms with Crippen molar-refractivity contribution in [2.75, 3.05) is 19.8 Å². The van der Waals surface area contributed by atoms with E-state index in [1.165, 1.54) is 161 Å². The molecule has 5 nitrogen and oxygen atoms in total. The minimum absolute atomic E-state index is 0.0743. The number of carbonyl (C=O) groups is 2. The Labute approximate surface area is 373 Å². The predicted octanol–water partition coefficient (Wildman–Crippen LogP) is 17.6. The normalized spacial score (nSPS) is 12.5. The van der Waals surface area contributed by atoms with E-state index in [-0.39, 0.29) is 25.2 Å². The van der Waals surface area contributed by atoms with Gasteiger partial charge in [-0.1, -0.05) is 223 Å². The van der Waals surface area contributed by atoms with E-state index < -0.39 is 6.10 Å². The van der Waals surface area contributed by atoms with Crippen LogP contribution in [0.25, 0.3) is 0 Å². The van der Waals surface area contributed by atoms with Crippen LogP contribution in [0.15, 0.2) is 48.6 Å². The van der Waals surface area contributed by atoms with Crippen LogP contribution in [0.3, 0.4) is 0 Å². The minimum Gasteiger partial charge on any atom is -0.462 e. The Kier molecular flexibility index (Phi) is 49.4. The van der Waals surface area contributed by atoms with Crippen LogP contribution in [-0.2, 0) is 23.8 Å². The molecule has 0 bridgehead atoms. The molecule has 0 aliphatic carbocycles. The molecule has 0 aromatic carbocycles. The molecule has 0 fully saturated rings. The highest BCUT2D eigenvalue weighted by Gasteiger charge is 2.17. The first-order chi connectivity index (χ1) is 29.6. The van der Waals surface area contributed by atoms with Crippen LogP contribution in [0.2, 0.25) is 0 Å². The third-order valence-electron chi connectivity index (χ3n) is 11.3. The number of rotatable bonds is 48. The maximum absolute atomic E-state index is 12.8. The lowest BCUT2D eigenvalue weighted by Gasteiger charge is -2.18. The first-order valence-electron chi connectivity index (χ1n) is 26.2. The smallest absolute Gasteiger partial charge is 0.306 e. The molecule has 0 N–H and O–H groups in total. The van der Waals surface area contributed by atoms with Crippen LogP contribution in [0.4, 0.5) is 0 Å². The Morgan fingerprint density at radius 2 is 0.750 bits per heavy atom. The molecule has 60 heavy (non-hydrogen) atoms. The average molecular weight is 841 g/mol. The van der Waals surface area contributed by atoms with Gasteiger partial charge in [-0.2, -0.15) is 0 Å². The molecule has 0 saturated heterocycles. The van der Waals surface area contributed by atoms with Gasteiger partial charge in [0.15, 0.2) is 6.10 Å². The topological polar surface area (TPSA) is 61.8 Å². The van der Waals surface area contributed by atoms with Gasteiger partial charge in [-0.3, -0.25) is 9.59 Å². The van der Waals surface area contributed by atoms with Crippen molar-refractivity contribution >= 4 is 11.9 Å². The minimum atomic E-state index is -0.549. The van der Waals surface area contributed by atoms with E-state index in [1.54, 1.807) is 0 Å². The van der Waals surface area contributed by atoms with Crippen LogP contribution < -0.4 is 0 Å². The summed E-state index contributed by atoms with van der Waals surface area (Å²) < 4.78 is 17.4. The van der Waals surface area contributed by atoms with Gasteiger partial charge in [0, 0.05) is 19.4 Å². The first-order valence-corrected chi connectivity index (χ1v) is 26.2. The second kappa shape index (κ2) is 51.2. The lowest BCUT2D eigenvalue weighted by atomic mass is 10.0. The van der Waals surface area contributed by atoms with Gasteiger partial charge < -0.3 is 14.2 Å². The van der Waals surface area contributed by atoms with Crippen molar-refractivity contribution in [3.8, 4) is 0 Å². The maximum atomic E-state index is 12.8. The van der Waals surface area contributed by atoms with Crippen molar-refractivity contribution in [2.24, 2.45) is 0 Å². The summed E-state index contributed by atoms with van der Waals surface area (Å²) in [4.78, 5) is 25.4. The third-order valence-corrected chi connectivity index (χ3v) is 11.3. The molecular formula is C55H100O5. The Hall–Kier alpha value is -2.14. The molecule has 0 aliphatic heterocycles. The van der Waals surface area contributed by atoms with E-state index >= 15 is 0 Å². The summed E-state index contributed by atoms with van der Waals surface area (Å²) in [5.41, 5.74) is 0. The van der Waals surface area contributed by atoms with E-state index in [0.29, 0.717) is 19.4 Å². The molecule has 0 aromatic heterocycles. The van der Waals surface area contributed by atoms with E-state index in [9.17, 15) is 9.59 Å². The van der Waals surface area contributed by atoms with Crippen molar-refractivity contribution in [1.29, 1.82) is 0 Å². The summed E-state index contributed by atoms with van der Waals surface area (Å²) in [6, 6.07) is 0. The van der Waals surface area contributed by atoms with Gasteiger partial charge in [-0.25, -0.2) is 0 Å². The maximum Gasteiger partial charge on any atom is 0.306 e. The molecule has 0 saturated carbocycles. The van der Waals surface area contributed by atoms with Crippen LogP contribution in [-0.4, -0.2) is 37.9 Å². The molecule has 0 spiro atoms. The largest absolute Gasteiger partial charge is 0.462 e. The van der Waals surface area contributed by atoms with Crippen molar-refractivity contribution < 1.29 is 23.8 Å². The molecule has 0 radical (unpaired) electrons. The zero-order valence-corrected chi connectivity index (χ0v) is 40.2. The summed E-state index contributed by atoms with van der Waals surface area (Å²) in [5, 5.41) is 0. The molecule has 5 heteroatoms. The fourth-order valence-electron chi connectivity index (χ4n) is 7.46. The monoisotopic (exact) mass is 841 g/mol. The lowest BCUT2D eigenvalue weighted by molar-refractivity contribution is -0.163. The van der Waals surface area contributed by atoms with Crippen molar-refractivity contribution in [3.05, 3.63) is 48.6 Å². The summed E-state index contributed by atoms with van der Waals surface area (Å²) in [6.07, 6.45) is 62.6. The lowest BCUT2D eigenvalue weighted by Crippen LogP contribution is -2.30. The van der Waals surface area contributed by atoms with Crippen molar-refractivity contribution in [3.63, 3.8) is 0 Å². The number of ether oxygens (including phenoxy) is 3. The molecule has 1 atom stereocenters. The van der Waals surface area contributed by atoms with Crippen LogP contribution >= 0.6 is 0 Å². The number of unbranched alkanes of at least 4 members (excludes halogenated alkanes) is 29. The van der Waals surface area contributed by atoms with Gasteiger partial charge >= 0.3 is 11.9 Å². The van der Waals surface area contributed by atoms with Crippen LogP contribution in [0.5, 0.6) is 0 Å². The number of hydrogen-bond acceptors (Lipinski definition) is 5. The van der Waals surface area contributed by atoms with Gasteiger partial charge in [0.05, 0.1) is 6.61 Å². The van der Waals surface area contributed by atoms with Gasteiger partial charge in [0.2, 0.25) is 0 Å². The molecule has 0 rings (SSSR count). The number of allylic oxidation sites excluding steroid dienone is 8. The van der Waals surface area contributed by atoms with E-state index in [2.05, 4.69) is 69.4 Å². The standard InChI is InChI=1S/C55H100O5/c1-4-7-10-13-16-19-22-25-27-28-29-31-33-36-39-42-45-48-54(56)59-52-53(51-58-50-47-44-41-38-35-32-26-23-20-17-14-11-8-5-2)60-55(57)49-46-43-40-37-34-30-24-21-18-15-12-9-6-3/h9,12,18,21,25,27,30,34,53H,4-8,10-11,13-17,19-20,22-24,26,28-29,31-33,35-52H2,1-3H3/b12-9-,21-18-,27-25-,34-30-. The van der Waals surface area contributed by atoms with Gasteiger partial charge in [-0.05, 0) is 77.0 Å². The summed E-state index contributed by atoms with van der Waals surface area (Å²) in [5.74, 6) is -0.425. The Balaban J connectivity index is 4.26. The number of carbonyl (C=O) groups excluding carboxylic acids is 2. The third kappa shape index (κ3) is 48.5. The second-order valence-electron chi connectivity index (χ2n) is 17.4. The molecule has 0 aromatic rings. The first kappa shape index (κ1) is 57.9. The molecule has 1 unspecified atom stereocenters. The fourth-order valence-corrected chi connectivity index (χ4v) is 7.46. The summed E-state index contributed by atoms with van der Waals surface area (Å²) in [7, 11) is 0. The quantitative estimate of drug-likeness (QED) is 0.0347. The van der Waals surface area contributed by atoms with Crippen LogP contribution in [0.1, 0.15) is 265 Å². The number of esters is 2. The van der Waals surface area contributed by atoms with E-state index in [0.717, 1.165) is 70.6 Å². The Bertz CT molecular complexity index is 997. The molecule has 350 valence electrons. The zero-order chi connectivity index (χ0) is 43.5. The van der Waals surface area contributed by atoms with E-state index in [1.807, 2.05) is 0 Å². The van der Waals surface area contributed by atoms with Gasteiger partial charge in [0.25, 0.3) is 0 Å². The van der Waals surface area contributed by atoms with E-state index in [4.69, 9.17) is 14.2 Å². The van der Waals surface area contributed by atoms with Crippen LogP contribution in [0, 0.1) is 0 Å². The highest BCUT2D eigenvalue weighted by atomic mass is 16.6. The molecule has 0 aliphatic rings. The van der Waals surface area contributed by atoms with Crippen molar-refractivity contribution in [2.45, 2.75) is 271 Å². The zero-order valence-electron chi connectivity index (χ0n) is 40.2. The predicted molar refractivity (Wildman–Crippen MR) is 261 cm³/mol. The molecular weight excluding hydrogens is 741 g/mol. The number of hydrogen-bond donors (Lipinski definition) is 0. The second-order valence-corrected chi connectivity index (χ2v) is 17.4. The average Bonchev–Trinajstić information content (AvgIpc) is 3.25. The Morgan fingerprint density at radius 3 is 1.23 bits per heavy atom. The Morgan fingerprint density at radius 1 is 0.383 bits per heavy atom. The molecule has 0 amide bonds. The SMILES string of the molecule is CC/C=C\C/C=C\C/C=C\CCCCCC(=O)OC(COCCCCCCCCCCCCCCCC)COC(=O)CCCCCCCCC/C=C\CCCCCCCC. The van der Waals surface area contributed by atoms with Gasteiger partial charge in [0.1, 0.15) is 6.61 Å². The van der Waals surface area contributed by atoms with Crippen molar-refractivity contribution in [1.82, 2.24) is 0 Å². The fraction of sp³-hybridized carbons (Fsp3) is 0.818. The molecule has 0 heterocycles. The summed E-state index contributed by atoms with van der Waals surface area (Å²) >= 11 is 0. The van der Waals surface area contributed by atoms with Gasteiger partial charge in [-0.15, -0.1) is 0 Å². The highest BCUT2D eigenvalue weighted by Crippen LogP contribution is 2.15. The summed E-state index contributed by atoms with van der Waals surface area (Å²) in [6.45, 7) is 7.71.